The van der Waals surface area contributed by atoms with Crippen LogP contribution >= 0.6 is 0 Å². The van der Waals surface area contributed by atoms with Gasteiger partial charge in [-0.1, -0.05) is 13.0 Å². The molecule has 0 aliphatic carbocycles. The van der Waals surface area contributed by atoms with Crippen molar-refractivity contribution in [1.82, 2.24) is 4.90 Å². The summed E-state index contributed by atoms with van der Waals surface area (Å²) in [5.41, 5.74) is 1.32. The molecule has 0 amide bonds. The lowest BCUT2D eigenvalue weighted by molar-refractivity contribution is 0.194. The first-order valence-electron chi connectivity index (χ1n) is 7.46. The van der Waals surface area contributed by atoms with Gasteiger partial charge in [0.05, 0.1) is 7.11 Å². The maximum absolute atomic E-state index is 5.36. The summed E-state index contributed by atoms with van der Waals surface area (Å²) in [5.74, 6) is 0.959. The smallest absolute Gasteiger partial charge is 0.120 e. The van der Waals surface area contributed by atoms with Crippen LogP contribution < -0.4 is 9.64 Å². The number of methoxy groups -OCH3 is 1. The van der Waals surface area contributed by atoms with Crippen molar-refractivity contribution in [3.05, 3.63) is 24.3 Å². The number of anilines is 1. The molecule has 3 heteroatoms. The average Bonchev–Trinajstić information content (AvgIpc) is 2.93. The predicted octanol–water partition coefficient (Wildman–Crippen LogP) is 2.76. The first-order chi connectivity index (χ1) is 9.31. The highest BCUT2D eigenvalue weighted by Crippen LogP contribution is 2.31. The Balaban J connectivity index is 1.84. The molecule has 2 atom stereocenters. The number of benzene rings is 1. The number of fused-ring (bicyclic) bond motifs is 1. The van der Waals surface area contributed by atoms with Crippen molar-refractivity contribution in [1.29, 1.82) is 0 Å². The Morgan fingerprint density at radius 2 is 2.21 bits per heavy atom. The van der Waals surface area contributed by atoms with E-state index in [1.807, 2.05) is 6.07 Å². The summed E-state index contributed by atoms with van der Waals surface area (Å²) in [4.78, 5) is 5.28. The van der Waals surface area contributed by atoms with Gasteiger partial charge in [0.1, 0.15) is 5.75 Å². The van der Waals surface area contributed by atoms with Crippen molar-refractivity contribution in [2.24, 2.45) is 0 Å². The highest BCUT2D eigenvalue weighted by molar-refractivity contribution is 5.52. The van der Waals surface area contributed by atoms with Crippen LogP contribution in [0.25, 0.3) is 0 Å². The van der Waals surface area contributed by atoms with Crippen LogP contribution in [0.2, 0.25) is 0 Å². The third kappa shape index (κ3) is 2.44. The van der Waals surface area contributed by atoms with Crippen LogP contribution in [-0.4, -0.2) is 43.7 Å². The molecule has 0 spiro atoms. The van der Waals surface area contributed by atoms with Gasteiger partial charge in [-0.2, -0.15) is 0 Å². The third-order valence-corrected chi connectivity index (χ3v) is 4.65. The lowest BCUT2D eigenvalue weighted by Crippen LogP contribution is -2.56. The lowest BCUT2D eigenvalue weighted by Gasteiger charge is -2.45. The molecule has 104 valence electrons. The Morgan fingerprint density at radius 1 is 1.32 bits per heavy atom. The summed E-state index contributed by atoms with van der Waals surface area (Å²) in [5, 5.41) is 0. The summed E-state index contributed by atoms with van der Waals surface area (Å²) in [6.07, 6.45) is 3.93. The molecule has 2 unspecified atom stereocenters. The van der Waals surface area contributed by atoms with E-state index in [-0.39, 0.29) is 0 Å². The molecule has 2 aliphatic rings. The van der Waals surface area contributed by atoms with E-state index in [1.165, 1.54) is 44.6 Å². The van der Waals surface area contributed by atoms with Gasteiger partial charge in [0.2, 0.25) is 0 Å². The Morgan fingerprint density at radius 3 is 3.00 bits per heavy atom. The van der Waals surface area contributed by atoms with Crippen LogP contribution in [0.5, 0.6) is 5.75 Å². The van der Waals surface area contributed by atoms with Crippen molar-refractivity contribution in [3.8, 4) is 5.75 Å². The average molecular weight is 260 g/mol. The standard InChI is InChI=1S/C16H24N2O/c1-3-13-11-17-9-5-7-15(17)12-18(13)14-6-4-8-16(10-14)19-2/h4,6,8,10,13,15H,3,5,7,9,11-12H2,1-2H3. The zero-order chi connectivity index (χ0) is 13.2. The molecule has 2 saturated heterocycles. The van der Waals surface area contributed by atoms with Gasteiger partial charge in [0.15, 0.2) is 0 Å². The molecule has 0 N–H and O–H groups in total. The van der Waals surface area contributed by atoms with Gasteiger partial charge in [-0.3, -0.25) is 4.90 Å². The van der Waals surface area contributed by atoms with Crippen LogP contribution in [0.4, 0.5) is 5.69 Å². The summed E-state index contributed by atoms with van der Waals surface area (Å²) in [6.45, 7) is 5.99. The molecule has 0 bridgehead atoms. The maximum Gasteiger partial charge on any atom is 0.120 e. The fourth-order valence-corrected chi connectivity index (χ4v) is 3.54. The van der Waals surface area contributed by atoms with Gasteiger partial charge >= 0.3 is 0 Å². The molecular weight excluding hydrogens is 236 g/mol. The van der Waals surface area contributed by atoms with Crippen molar-refractivity contribution < 1.29 is 4.74 Å². The molecule has 3 nitrogen and oxygen atoms in total. The Labute approximate surface area is 116 Å². The molecule has 0 saturated carbocycles. The maximum atomic E-state index is 5.36. The number of piperazine rings is 1. The largest absolute Gasteiger partial charge is 0.497 e. The Hall–Kier alpha value is -1.22. The molecule has 3 rings (SSSR count). The summed E-state index contributed by atoms with van der Waals surface area (Å²) >= 11 is 0. The van der Waals surface area contributed by atoms with E-state index >= 15 is 0 Å². The Bertz CT molecular complexity index is 435. The molecule has 1 aromatic rings. The van der Waals surface area contributed by atoms with E-state index in [2.05, 4.69) is 34.9 Å². The number of nitrogens with zero attached hydrogens (tertiary/aromatic N) is 2. The normalized spacial score (nSPS) is 27.4. The van der Waals surface area contributed by atoms with Crippen molar-refractivity contribution in [2.45, 2.75) is 38.3 Å². The van der Waals surface area contributed by atoms with Crippen molar-refractivity contribution >= 4 is 5.69 Å². The van der Waals surface area contributed by atoms with E-state index < -0.39 is 0 Å². The van der Waals surface area contributed by atoms with E-state index in [0.29, 0.717) is 6.04 Å². The molecule has 2 heterocycles. The minimum absolute atomic E-state index is 0.640. The van der Waals surface area contributed by atoms with Crippen LogP contribution in [0.1, 0.15) is 26.2 Å². The van der Waals surface area contributed by atoms with Gasteiger partial charge in [-0.25, -0.2) is 0 Å². The molecule has 2 fully saturated rings. The minimum Gasteiger partial charge on any atom is -0.497 e. The van der Waals surface area contributed by atoms with Gasteiger partial charge in [-0.05, 0) is 37.9 Å². The summed E-state index contributed by atoms with van der Waals surface area (Å²) < 4.78 is 5.36. The van der Waals surface area contributed by atoms with Crippen molar-refractivity contribution in [3.63, 3.8) is 0 Å². The first kappa shape index (κ1) is 12.8. The summed E-state index contributed by atoms with van der Waals surface area (Å²) in [6, 6.07) is 9.91. The second kappa shape index (κ2) is 5.41. The zero-order valence-electron chi connectivity index (χ0n) is 12.0. The fraction of sp³-hybridized carbons (Fsp3) is 0.625. The lowest BCUT2D eigenvalue weighted by atomic mass is 10.0. The first-order valence-corrected chi connectivity index (χ1v) is 7.46. The zero-order valence-corrected chi connectivity index (χ0v) is 12.0. The molecule has 0 aromatic heterocycles. The molecule has 19 heavy (non-hydrogen) atoms. The molecular formula is C16H24N2O. The highest BCUT2D eigenvalue weighted by atomic mass is 16.5. The van der Waals surface area contributed by atoms with Crippen LogP contribution in [0, 0.1) is 0 Å². The number of ether oxygens (including phenoxy) is 1. The number of hydrogen-bond donors (Lipinski definition) is 0. The van der Waals surface area contributed by atoms with Crippen molar-refractivity contribution in [2.75, 3.05) is 31.6 Å². The molecule has 0 radical (unpaired) electrons. The SMILES string of the molecule is CCC1CN2CCCC2CN1c1cccc(OC)c1. The molecule has 1 aromatic carbocycles. The van der Waals surface area contributed by atoms with Gasteiger partial charge in [-0.15, -0.1) is 0 Å². The topological polar surface area (TPSA) is 15.7 Å². The quantitative estimate of drug-likeness (QED) is 0.831. The minimum atomic E-state index is 0.640. The third-order valence-electron chi connectivity index (χ3n) is 4.65. The van der Waals surface area contributed by atoms with Gasteiger partial charge in [0.25, 0.3) is 0 Å². The second-order valence-corrected chi connectivity index (χ2v) is 5.71. The van der Waals surface area contributed by atoms with Gasteiger partial charge in [0, 0.05) is 36.9 Å². The highest BCUT2D eigenvalue weighted by Gasteiger charge is 2.35. The van der Waals surface area contributed by atoms with Gasteiger partial charge < -0.3 is 9.64 Å². The second-order valence-electron chi connectivity index (χ2n) is 5.71. The summed E-state index contributed by atoms with van der Waals surface area (Å²) in [7, 11) is 1.74. The van der Waals surface area contributed by atoms with E-state index in [0.717, 1.165) is 11.8 Å². The monoisotopic (exact) mass is 260 g/mol. The fourth-order valence-electron chi connectivity index (χ4n) is 3.54. The Kier molecular flexibility index (Phi) is 3.65. The predicted molar refractivity (Wildman–Crippen MR) is 79.0 cm³/mol. The van der Waals surface area contributed by atoms with Crippen LogP contribution in [-0.2, 0) is 0 Å². The number of hydrogen-bond acceptors (Lipinski definition) is 3. The van der Waals surface area contributed by atoms with Crippen LogP contribution in [0.3, 0.4) is 0 Å². The van der Waals surface area contributed by atoms with E-state index in [9.17, 15) is 0 Å². The van der Waals surface area contributed by atoms with E-state index in [1.54, 1.807) is 7.11 Å². The van der Waals surface area contributed by atoms with Crippen LogP contribution in [0.15, 0.2) is 24.3 Å². The van der Waals surface area contributed by atoms with E-state index in [4.69, 9.17) is 4.74 Å². The number of rotatable bonds is 3. The molecule has 2 aliphatic heterocycles.